The minimum absolute atomic E-state index is 0.0341. The van der Waals surface area contributed by atoms with E-state index in [1.54, 1.807) is 6.33 Å². The van der Waals surface area contributed by atoms with Crippen LogP contribution in [0.15, 0.2) is 22.9 Å². The Morgan fingerprint density at radius 3 is 3.11 bits per heavy atom. The van der Waals surface area contributed by atoms with Crippen LogP contribution < -0.4 is 10.1 Å². The molecule has 0 aliphatic carbocycles. The fraction of sp³-hybridized carbons (Fsp3) is 0.385. The van der Waals surface area contributed by atoms with Crippen molar-refractivity contribution in [2.24, 2.45) is 5.92 Å². The molecule has 1 aromatic carbocycles. The zero-order valence-electron chi connectivity index (χ0n) is 10.4. The summed E-state index contributed by atoms with van der Waals surface area (Å²) in [6.07, 6.45) is 2.14. The first-order chi connectivity index (χ1) is 9.13. The first kappa shape index (κ1) is 12.5. The van der Waals surface area contributed by atoms with Crippen LogP contribution in [0.25, 0.3) is 11.0 Å². The van der Waals surface area contributed by atoms with Crippen molar-refractivity contribution in [2.45, 2.75) is 19.4 Å². The number of fused-ring (bicyclic) bond motifs is 1. The van der Waals surface area contributed by atoms with Crippen LogP contribution in [0.3, 0.4) is 0 Å². The molecule has 2 N–H and O–H groups in total. The Bertz CT molecular complexity index is 625. The summed E-state index contributed by atoms with van der Waals surface area (Å²) >= 11 is 3.46. The molecular weight excluding hydrogens is 310 g/mol. The van der Waals surface area contributed by atoms with E-state index in [1.807, 2.05) is 19.1 Å². The van der Waals surface area contributed by atoms with Gasteiger partial charge in [-0.2, -0.15) is 0 Å². The van der Waals surface area contributed by atoms with Gasteiger partial charge in [0.2, 0.25) is 5.91 Å². The number of amides is 1. The van der Waals surface area contributed by atoms with E-state index in [-0.39, 0.29) is 17.9 Å². The second-order valence-corrected chi connectivity index (χ2v) is 5.71. The van der Waals surface area contributed by atoms with Gasteiger partial charge in [-0.05, 0) is 19.1 Å². The zero-order chi connectivity index (χ0) is 13.4. The Kier molecular flexibility index (Phi) is 3.18. The topological polar surface area (TPSA) is 67.0 Å². The van der Waals surface area contributed by atoms with Crippen LogP contribution >= 0.6 is 15.9 Å². The Balaban J connectivity index is 1.84. The zero-order valence-corrected chi connectivity index (χ0v) is 12.0. The van der Waals surface area contributed by atoms with E-state index >= 15 is 0 Å². The summed E-state index contributed by atoms with van der Waals surface area (Å²) in [6, 6.07) is 3.87. The lowest BCUT2D eigenvalue weighted by Gasteiger charge is -2.19. The minimum Gasteiger partial charge on any atom is -0.488 e. The first-order valence-corrected chi connectivity index (χ1v) is 6.99. The highest BCUT2D eigenvalue weighted by Gasteiger charge is 2.28. The molecule has 6 heteroatoms. The number of H-pyrrole nitrogens is 1. The molecule has 1 fully saturated rings. The molecular formula is C13H14BrN3O2. The number of imidazole rings is 1. The normalized spacial score (nSPS) is 20.5. The maximum Gasteiger partial charge on any atom is 0.220 e. The maximum atomic E-state index is 11.2. The summed E-state index contributed by atoms with van der Waals surface area (Å²) in [5, 5.41) is 2.83. The number of hydrogen-bond donors (Lipinski definition) is 2. The highest BCUT2D eigenvalue weighted by atomic mass is 79.9. The third-order valence-corrected chi connectivity index (χ3v) is 3.90. The van der Waals surface area contributed by atoms with Crippen LogP contribution in [0, 0.1) is 5.92 Å². The summed E-state index contributed by atoms with van der Waals surface area (Å²) in [6.45, 7) is 2.67. The largest absolute Gasteiger partial charge is 0.488 e. The second-order valence-electron chi connectivity index (χ2n) is 4.79. The quantitative estimate of drug-likeness (QED) is 0.910. The number of carbonyl (C=O) groups is 1. The van der Waals surface area contributed by atoms with Gasteiger partial charge in [0.25, 0.3) is 0 Å². The van der Waals surface area contributed by atoms with Gasteiger partial charge in [0.1, 0.15) is 17.4 Å². The number of rotatable bonds is 3. The molecule has 1 amide bonds. The molecule has 100 valence electrons. The van der Waals surface area contributed by atoms with Crippen LogP contribution in [-0.4, -0.2) is 28.5 Å². The van der Waals surface area contributed by atoms with Gasteiger partial charge in [-0.25, -0.2) is 4.98 Å². The molecule has 2 atom stereocenters. The van der Waals surface area contributed by atoms with E-state index in [0.717, 1.165) is 21.3 Å². The minimum atomic E-state index is -0.0341. The van der Waals surface area contributed by atoms with Gasteiger partial charge < -0.3 is 15.0 Å². The molecule has 0 saturated carbocycles. The molecule has 0 unspecified atom stereocenters. The van der Waals surface area contributed by atoms with Gasteiger partial charge in [0, 0.05) is 23.4 Å². The van der Waals surface area contributed by atoms with Crippen LogP contribution in [0.1, 0.15) is 13.3 Å². The summed E-state index contributed by atoms with van der Waals surface area (Å²) in [7, 11) is 0. The Hall–Kier alpha value is -1.56. The smallest absolute Gasteiger partial charge is 0.220 e. The Morgan fingerprint density at radius 1 is 1.53 bits per heavy atom. The lowest BCUT2D eigenvalue weighted by molar-refractivity contribution is -0.119. The van der Waals surface area contributed by atoms with E-state index in [1.165, 1.54) is 0 Å². The van der Waals surface area contributed by atoms with Crippen molar-refractivity contribution in [3.8, 4) is 5.75 Å². The predicted octanol–water partition coefficient (Wildman–Crippen LogP) is 2.23. The van der Waals surface area contributed by atoms with Crippen molar-refractivity contribution >= 4 is 32.9 Å². The van der Waals surface area contributed by atoms with Crippen molar-refractivity contribution < 1.29 is 9.53 Å². The van der Waals surface area contributed by atoms with Crippen molar-refractivity contribution in [2.75, 3.05) is 6.54 Å². The van der Waals surface area contributed by atoms with Crippen LogP contribution in [0.2, 0.25) is 0 Å². The average molecular weight is 324 g/mol. The molecule has 2 heterocycles. The van der Waals surface area contributed by atoms with E-state index in [9.17, 15) is 4.79 Å². The molecule has 5 nitrogen and oxygen atoms in total. The number of aromatic nitrogens is 2. The molecule has 1 aliphatic rings. The molecule has 19 heavy (non-hydrogen) atoms. The molecule has 0 spiro atoms. The number of ether oxygens (including phenoxy) is 1. The molecule has 1 saturated heterocycles. The SMILES string of the molecule is C[C@@H](Oc1cc(Br)cc2[nH]cnc12)[C@H]1CNC(=O)C1. The summed E-state index contributed by atoms with van der Waals surface area (Å²) < 4.78 is 6.93. The van der Waals surface area contributed by atoms with Crippen molar-refractivity contribution in [3.05, 3.63) is 22.9 Å². The number of hydrogen-bond acceptors (Lipinski definition) is 3. The molecule has 2 aromatic rings. The first-order valence-electron chi connectivity index (χ1n) is 6.19. The molecule has 3 rings (SSSR count). The van der Waals surface area contributed by atoms with Crippen LogP contribution in [0.5, 0.6) is 5.75 Å². The third kappa shape index (κ3) is 2.45. The van der Waals surface area contributed by atoms with Crippen molar-refractivity contribution in [1.82, 2.24) is 15.3 Å². The van der Waals surface area contributed by atoms with Gasteiger partial charge in [-0.1, -0.05) is 15.9 Å². The lowest BCUT2D eigenvalue weighted by atomic mass is 10.0. The fourth-order valence-electron chi connectivity index (χ4n) is 2.33. The van der Waals surface area contributed by atoms with Gasteiger partial charge in [0.15, 0.2) is 0 Å². The van der Waals surface area contributed by atoms with E-state index in [4.69, 9.17) is 4.74 Å². The number of carbonyl (C=O) groups excluding carboxylic acids is 1. The monoisotopic (exact) mass is 323 g/mol. The molecule has 0 radical (unpaired) electrons. The van der Waals surface area contributed by atoms with Gasteiger partial charge in [-0.15, -0.1) is 0 Å². The van der Waals surface area contributed by atoms with Crippen LogP contribution in [-0.2, 0) is 4.79 Å². The highest BCUT2D eigenvalue weighted by molar-refractivity contribution is 9.10. The molecule has 0 bridgehead atoms. The Morgan fingerprint density at radius 2 is 2.37 bits per heavy atom. The summed E-state index contributed by atoms with van der Waals surface area (Å²) in [4.78, 5) is 18.6. The van der Waals surface area contributed by atoms with Gasteiger partial charge >= 0.3 is 0 Å². The molecule has 1 aromatic heterocycles. The third-order valence-electron chi connectivity index (χ3n) is 3.44. The van der Waals surface area contributed by atoms with Crippen LogP contribution in [0.4, 0.5) is 0 Å². The summed E-state index contributed by atoms with van der Waals surface area (Å²) in [5.41, 5.74) is 1.74. The van der Waals surface area contributed by atoms with Crippen molar-refractivity contribution in [1.29, 1.82) is 0 Å². The number of benzene rings is 1. The maximum absolute atomic E-state index is 11.2. The second kappa shape index (κ2) is 4.85. The van der Waals surface area contributed by atoms with E-state index < -0.39 is 0 Å². The fourth-order valence-corrected chi connectivity index (χ4v) is 2.77. The van der Waals surface area contributed by atoms with Crippen molar-refractivity contribution in [3.63, 3.8) is 0 Å². The number of nitrogens with one attached hydrogen (secondary N) is 2. The van der Waals surface area contributed by atoms with Gasteiger partial charge in [-0.3, -0.25) is 4.79 Å². The Labute approximate surface area is 118 Å². The predicted molar refractivity (Wildman–Crippen MR) is 75.0 cm³/mol. The molecule has 1 aliphatic heterocycles. The lowest BCUT2D eigenvalue weighted by Crippen LogP contribution is -2.25. The summed E-state index contributed by atoms with van der Waals surface area (Å²) in [5.74, 6) is 1.04. The number of halogens is 1. The number of nitrogens with zero attached hydrogens (tertiary/aromatic N) is 1. The van der Waals surface area contributed by atoms with E-state index in [2.05, 4.69) is 31.2 Å². The van der Waals surface area contributed by atoms with Gasteiger partial charge in [0.05, 0.1) is 11.8 Å². The standard InChI is InChI=1S/C13H14BrN3O2/c1-7(8-2-12(18)15-5-8)19-11-4-9(14)3-10-13(11)17-6-16-10/h3-4,6-8H,2,5H2,1H3,(H,15,18)(H,16,17)/t7-,8-/m1/s1. The average Bonchev–Trinajstić information content (AvgIpc) is 2.97. The number of aromatic amines is 1. The van der Waals surface area contributed by atoms with E-state index in [0.29, 0.717) is 13.0 Å². The highest BCUT2D eigenvalue weighted by Crippen LogP contribution is 2.30.